The summed E-state index contributed by atoms with van der Waals surface area (Å²) in [5.74, 6) is 0.882. The van der Waals surface area contributed by atoms with Crippen LogP contribution < -0.4 is 5.32 Å². The Hall–Kier alpha value is -1.91. The first-order chi connectivity index (χ1) is 11.2. The van der Waals surface area contributed by atoms with E-state index in [1.54, 1.807) is 11.8 Å². The van der Waals surface area contributed by atoms with Crippen molar-refractivity contribution in [3.63, 3.8) is 0 Å². The van der Waals surface area contributed by atoms with Crippen LogP contribution in [0.15, 0.2) is 59.6 Å². The third kappa shape index (κ3) is 4.30. The van der Waals surface area contributed by atoms with Gasteiger partial charge in [0.2, 0.25) is 5.91 Å². The van der Waals surface area contributed by atoms with E-state index in [4.69, 9.17) is 11.6 Å². The lowest BCUT2D eigenvalue weighted by Crippen LogP contribution is -2.27. The molecule has 3 rings (SSSR count). The smallest absolute Gasteiger partial charge is 0.224 e. The van der Waals surface area contributed by atoms with Crippen LogP contribution in [-0.2, 0) is 11.2 Å². The molecule has 118 valence electrons. The monoisotopic (exact) mass is 344 g/mol. The number of hydrogen-bond donors (Lipinski definition) is 2. The molecule has 23 heavy (non-hydrogen) atoms. The quantitative estimate of drug-likeness (QED) is 0.518. The number of carbonyl (C=O) groups excluding carboxylic acids is 1. The highest BCUT2D eigenvalue weighted by atomic mass is 35.5. The molecular weight excluding hydrogens is 328 g/mol. The second-order valence-corrected chi connectivity index (χ2v) is 6.79. The maximum Gasteiger partial charge on any atom is 0.224 e. The van der Waals surface area contributed by atoms with Gasteiger partial charge in [0, 0.05) is 39.3 Å². The fourth-order valence-corrected chi connectivity index (χ4v) is 3.30. The van der Waals surface area contributed by atoms with Gasteiger partial charge in [-0.05, 0) is 35.9 Å². The Morgan fingerprint density at radius 2 is 1.91 bits per heavy atom. The molecule has 0 aliphatic carbocycles. The summed E-state index contributed by atoms with van der Waals surface area (Å²) < 4.78 is 0. The Morgan fingerprint density at radius 3 is 2.74 bits per heavy atom. The van der Waals surface area contributed by atoms with Gasteiger partial charge in [-0.15, -0.1) is 11.8 Å². The number of aromatic nitrogens is 1. The highest BCUT2D eigenvalue weighted by Gasteiger charge is 2.08. The minimum atomic E-state index is 0.0476. The van der Waals surface area contributed by atoms with Crippen molar-refractivity contribution in [2.75, 3.05) is 12.3 Å². The minimum absolute atomic E-state index is 0.0476. The number of carbonyl (C=O) groups is 1. The fraction of sp³-hybridized carbons (Fsp3) is 0.167. The third-order valence-electron chi connectivity index (χ3n) is 3.53. The first-order valence-corrected chi connectivity index (χ1v) is 8.79. The fourth-order valence-electron chi connectivity index (χ4n) is 2.40. The summed E-state index contributed by atoms with van der Waals surface area (Å²) in [6.07, 6.45) is 2.31. The summed E-state index contributed by atoms with van der Waals surface area (Å²) in [7, 11) is 0. The van der Waals surface area contributed by atoms with Crippen LogP contribution in [-0.4, -0.2) is 23.2 Å². The number of para-hydroxylation sites is 1. The maximum atomic E-state index is 12.1. The summed E-state index contributed by atoms with van der Waals surface area (Å²) in [6.45, 7) is 0.647. The molecule has 1 aromatic heterocycles. The molecule has 0 fully saturated rings. The van der Waals surface area contributed by atoms with Crippen molar-refractivity contribution in [2.45, 2.75) is 11.3 Å². The standard InChI is InChI=1S/C18H17ClN2OS/c19-14-5-7-15(8-6-14)23-10-9-20-18(22)11-13-12-21-17-4-2-1-3-16(13)17/h1-8,12,21H,9-11H2,(H,20,22). The van der Waals surface area contributed by atoms with Gasteiger partial charge in [0.25, 0.3) is 0 Å². The van der Waals surface area contributed by atoms with E-state index in [2.05, 4.69) is 10.3 Å². The number of thioether (sulfide) groups is 1. The second kappa shape index (κ2) is 7.57. The summed E-state index contributed by atoms with van der Waals surface area (Å²) in [5, 5.41) is 4.81. The van der Waals surface area contributed by atoms with Crippen LogP contribution in [0, 0.1) is 0 Å². The Morgan fingerprint density at radius 1 is 1.13 bits per heavy atom. The molecule has 2 N–H and O–H groups in total. The molecule has 1 heterocycles. The average Bonchev–Trinajstić information content (AvgIpc) is 2.96. The summed E-state index contributed by atoms with van der Waals surface area (Å²) in [4.78, 5) is 16.4. The highest BCUT2D eigenvalue weighted by molar-refractivity contribution is 7.99. The van der Waals surface area contributed by atoms with E-state index in [-0.39, 0.29) is 5.91 Å². The highest BCUT2D eigenvalue weighted by Crippen LogP contribution is 2.20. The molecule has 0 aliphatic rings. The summed E-state index contributed by atoms with van der Waals surface area (Å²) in [5.41, 5.74) is 2.09. The SMILES string of the molecule is O=C(Cc1c[nH]c2ccccc12)NCCSc1ccc(Cl)cc1. The molecule has 2 aromatic carbocycles. The van der Waals surface area contributed by atoms with Crippen molar-refractivity contribution in [1.29, 1.82) is 0 Å². The predicted molar refractivity (Wildman–Crippen MR) is 97.2 cm³/mol. The zero-order valence-electron chi connectivity index (χ0n) is 12.5. The molecule has 0 spiro atoms. The van der Waals surface area contributed by atoms with E-state index in [1.807, 2.05) is 54.7 Å². The van der Waals surface area contributed by atoms with Crippen molar-refractivity contribution in [1.82, 2.24) is 10.3 Å². The van der Waals surface area contributed by atoms with Crippen molar-refractivity contribution < 1.29 is 4.79 Å². The van der Waals surface area contributed by atoms with Crippen molar-refractivity contribution in [2.24, 2.45) is 0 Å². The van der Waals surface area contributed by atoms with E-state index in [9.17, 15) is 4.79 Å². The molecule has 1 amide bonds. The van der Waals surface area contributed by atoms with Crippen molar-refractivity contribution >= 4 is 40.2 Å². The van der Waals surface area contributed by atoms with Crippen LogP contribution in [0.2, 0.25) is 5.02 Å². The molecule has 0 unspecified atom stereocenters. The molecule has 3 aromatic rings. The van der Waals surface area contributed by atoms with Gasteiger partial charge in [-0.1, -0.05) is 29.8 Å². The van der Waals surface area contributed by atoms with Crippen LogP contribution >= 0.6 is 23.4 Å². The number of halogens is 1. The third-order valence-corrected chi connectivity index (χ3v) is 4.80. The zero-order valence-corrected chi connectivity index (χ0v) is 14.1. The van der Waals surface area contributed by atoms with E-state index in [0.29, 0.717) is 13.0 Å². The number of H-pyrrole nitrogens is 1. The molecule has 0 radical (unpaired) electrons. The van der Waals surface area contributed by atoms with E-state index in [0.717, 1.165) is 32.1 Å². The van der Waals surface area contributed by atoms with Gasteiger partial charge in [0.1, 0.15) is 0 Å². The number of rotatable bonds is 6. The van der Waals surface area contributed by atoms with Crippen LogP contribution in [0.5, 0.6) is 0 Å². The lowest BCUT2D eigenvalue weighted by molar-refractivity contribution is -0.120. The molecule has 0 saturated heterocycles. The first-order valence-electron chi connectivity index (χ1n) is 7.42. The Balaban J connectivity index is 1.45. The number of nitrogens with one attached hydrogen (secondary N) is 2. The number of fused-ring (bicyclic) bond motifs is 1. The molecule has 0 saturated carbocycles. The van der Waals surface area contributed by atoms with Crippen molar-refractivity contribution in [3.05, 3.63) is 65.3 Å². The second-order valence-electron chi connectivity index (χ2n) is 5.19. The van der Waals surface area contributed by atoms with Crippen LogP contribution in [0.25, 0.3) is 10.9 Å². The van der Waals surface area contributed by atoms with Gasteiger partial charge >= 0.3 is 0 Å². The van der Waals surface area contributed by atoms with Crippen LogP contribution in [0.4, 0.5) is 0 Å². The molecule has 3 nitrogen and oxygen atoms in total. The lowest BCUT2D eigenvalue weighted by atomic mass is 10.1. The lowest BCUT2D eigenvalue weighted by Gasteiger charge is -2.05. The van der Waals surface area contributed by atoms with Gasteiger partial charge in [-0.25, -0.2) is 0 Å². The zero-order chi connectivity index (χ0) is 16.1. The minimum Gasteiger partial charge on any atom is -0.361 e. The Labute approximate surface area is 144 Å². The van der Waals surface area contributed by atoms with E-state index in [1.165, 1.54) is 0 Å². The number of benzene rings is 2. The van der Waals surface area contributed by atoms with Gasteiger partial charge in [0.15, 0.2) is 0 Å². The normalized spacial score (nSPS) is 10.8. The molecular formula is C18H17ClN2OS. The van der Waals surface area contributed by atoms with Crippen LogP contribution in [0.1, 0.15) is 5.56 Å². The van der Waals surface area contributed by atoms with Gasteiger partial charge in [0.05, 0.1) is 6.42 Å². The van der Waals surface area contributed by atoms with Gasteiger partial charge < -0.3 is 10.3 Å². The molecule has 0 aliphatic heterocycles. The van der Waals surface area contributed by atoms with Gasteiger partial charge in [-0.2, -0.15) is 0 Å². The molecule has 0 atom stereocenters. The van der Waals surface area contributed by atoms with Gasteiger partial charge in [-0.3, -0.25) is 4.79 Å². The summed E-state index contributed by atoms with van der Waals surface area (Å²) in [6, 6.07) is 15.7. The van der Waals surface area contributed by atoms with E-state index >= 15 is 0 Å². The predicted octanol–water partition coefficient (Wildman–Crippen LogP) is 4.27. The molecule has 0 bridgehead atoms. The van der Waals surface area contributed by atoms with E-state index < -0.39 is 0 Å². The summed E-state index contributed by atoms with van der Waals surface area (Å²) >= 11 is 7.56. The number of amides is 1. The Kier molecular flexibility index (Phi) is 5.26. The topological polar surface area (TPSA) is 44.9 Å². The van der Waals surface area contributed by atoms with Crippen LogP contribution in [0.3, 0.4) is 0 Å². The molecule has 5 heteroatoms. The Bertz CT molecular complexity index is 798. The first kappa shape index (κ1) is 16.0. The van der Waals surface area contributed by atoms with Crippen molar-refractivity contribution in [3.8, 4) is 0 Å². The number of aromatic amines is 1. The maximum absolute atomic E-state index is 12.1. The average molecular weight is 345 g/mol. The number of hydrogen-bond acceptors (Lipinski definition) is 2. The largest absolute Gasteiger partial charge is 0.361 e.